The van der Waals surface area contributed by atoms with Gasteiger partial charge in [0.05, 0.1) is 0 Å². The molecule has 1 nitrogen and oxygen atoms in total. The van der Waals surface area contributed by atoms with Crippen LogP contribution in [-0.2, 0) is 0 Å². The van der Waals surface area contributed by atoms with Gasteiger partial charge in [-0.05, 0) is 12.5 Å². The van der Waals surface area contributed by atoms with Gasteiger partial charge in [0, 0.05) is 5.56 Å². The maximum absolute atomic E-state index is 13.3. The van der Waals surface area contributed by atoms with Crippen LogP contribution in [0.5, 0.6) is 0 Å². The molecule has 1 atom stereocenters. The van der Waals surface area contributed by atoms with Crippen molar-refractivity contribution in [3.05, 3.63) is 34.9 Å². The lowest BCUT2D eigenvalue weighted by Crippen LogP contribution is -2.46. The number of hydrogen-bond acceptors (Lipinski definition) is 1. The molecule has 2 N–H and O–H groups in total. The van der Waals surface area contributed by atoms with E-state index in [1.807, 2.05) is 0 Å². The highest BCUT2D eigenvalue weighted by Crippen LogP contribution is 2.44. The molecule has 0 bridgehead atoms. The van der Waals surface area contributed by atoms with Gasteiger partial charge in [0.1, 0.15) is 6.04 Å². The molecular formula is C10H9ClF7N. The Balaban J connectivity index is 0.00000324. The van der Waals surface area contributed by atoms with Crippen molar-refractivity contribution in [1.29, 1.82) is 0 Å². The van der Waals surface area contributed by atoms with E-state index >= 15 is 0 Å². The molecule has 0 unspecified atom stereocenters. The molecule has 110 valence electrons. The van der Waals surface area contributed by atoms with E-state index in [0.717, 1.165) is 13.0 Å². The highest BCUT2D eigenvalue weighted by Gasteiger charge is 2.62. The Bertz CT molecular complexity index is 458. The van der Waals surface area contributed by atoms with E-state index in [2.05, 4.69) is 0 Å². The van der Waals surface area contributed by atoms with Crippen LogP contribution in [0.1, 0.15) is 17.2 Å². The first-order valence-electron chi connectivity index (χ1n) is 4.64. The van der Waals surface area contributed by atoms with Gasteiger partial charge >= 0.3 is 12.1 Å². The standard InChI is InChI=1S/C10H8F7N.ClH/c1-4-2-3-5(7(12)6(4)11)8(18)9(13,14)10(15,16)17;/h2-3,8H,18H2,1H3;1H/t8-;/m0./s1. The molecule has 0 spiro atoms. The van der Waals surface area contributed by atoms with Crippen LogP contribution < -0.4 is 5.73 Å². The predicted octanol–water partition coefficient (Wildman–Crippen LogP) is 3.89. The molecule has 0 aromatic heterocycles. The number of alkyl halides is 5. The van der Waals surface area contributed by atoms with E-state index in [4.69, 9.17) is 5.73 Å². The minimum Gasteiger partial charge on any atom is -0.319 e. The van der Waals surface area contributed by atoms with E-state index in [1.165, 1.54) is 0 Å². The molecule has 0 amide bonds. The van der Waals surface area contributed by atoms with Gasteiger partial charge in [-0.2, -0.15) is 22.0 Å². The summed E-state index contributed by atoms with van der Waals surface area (Å²) in [7, 11) is 0. The lowest BCUT2D eigenvalue weighted by atomic mass is 9.99. The summed E-state index contributed by atoms with van der Waals surface area (Å²) >= 11 is 0. The number of aryl methyl sites for hydroxylation is 1. The van der Waals surface area contributed by atoms with Crippen LogP contribution in [0.25, 0.3) is 0 Å². The summed E-state index contributed by atoms with van der Waals surface area (Å²) in [4.78, 5) is 0. The molecule has 19 heavy (non-hydrogen) atoms. The smallest absolute Gasteiger partial charge is 0.319 e. The first kappa shape index (κ1) is 18.0. The molecule has 0 radical (unpaired) electrons. The molecule has 9 heteroatoms. The van der Waals surface area contributed by atoms with Crippen molar-refractivity contribution in [3.8, 4) is 0 Å². The summed E-state index contributed by atoms with van der Waals surface area (Å²) in [5.74, 6) is -8.65. The maximum atomic E-state index is 13.3. The minimum absolute atomic E-state index is 0. The predicted molar refractivity (Wildman–Crippen MR) is 56.3 cm³/mol. The summed E-state index contributed by atoms with van der Waals surface area (Å²) < 4.78 is 88.2. The highest BCUT2D eigenvalue weighted by atomic mass is 35.5. The highest BCUT2D eigenvalue weighted by molar-refractivity contribution is 5.85. The topological polar surface area (TPSA) is 26.0 Å². The van der Waals surface area contributed by atoms with Gasteiger partial charge in [-0.25, -0.2) is 8.78 Å². The number of halogens is 8. The molecule has 0 saturated heterocycles. The molecule has 0 aliphatic carbocycles. The van der Waals surface area contributed by atoms with Crippen LogP contribution in [0.15, 0.2) is 12.1 Å². The Morgan fingerprint density at radius 3 is 1.89 bits per heavy atom. The normalized spacial score (nSPS) is 13.9. The Morgan fingerprint density at radius 1 is 1.00 bits per heavy atom. The molecule has 1 aromatic carbocycles. The second-order valence-electron chi connectivity index (χ2n) is 3.70. The Hall–Kier alpha value is -1.02. The summed E-state index contributed by atoms with van der Waals surface area (Å²) in [5.41, 5.74) is 3.26. The van der Waals surface area contributed by atoms with Crippen molar-refractivity contribution in [2.24, 2.45) is 5.73 Å². The fraction of sp³-hybridized carbons (Fsp3) is 0.400. The second-order valence-corrected chi connectivity index (χ2v) is 3.70. The zero-order chi connectivity index (χ0) is 14.3. The monoisotopic (exact) mass is 311 g/mol. The van der Waals surface area contributed by atoms with Crippen LogP contribution >= 0.6 is 12.4 Å². The van der Waals surface area contributed by atoms with E-state index in [-0.39, 0.29) is 18.0 Å². The fourth-order valence-electron chi connectivity index (χ4n) is 1.27. The minimum atomic E-state index is -5.94. The summed E-state index contributed by atoms with van der Waals surface area (Å²) in [6.07, 6.45) is -5.94. The van der Waals surface area contributed by atoms with Gasteiger partial charge in [0.2, 0.25) is 0 Å². The average Bonchev–Trinajstić information content (AvgIpc) is 2.24. The largest absolute Gasteiger partial charge is 0.455 e. The summed E-state index contributed by atoms with van der Waals surface area (Å²) in [6.45, 7) is 1.13. The first-order valence-corrected chi connectivity index (χ1v) is 4.64. The molecule has 1 aromatic rings. The third kappa shape index (κ3) is 3.11. The lowest BCUT2D eigenvalue weighted by molar-refractivity contribution is -0.291. The second kappa shape index (κ2) is 5.54. The van der Waals surface area contributed by atoms with E-state index in [9.17, 15) is 30.7 Å². The lowest BCUT2D eigenvalue weighted by Gasteiger charge is -2.26. The van der Waals surface area contributed by atoms with Gasteiger partial charge in [-0.1, -0.05) is 12.1 Å². The zero-order valence-electron chi connectivity index (χ0n) is 9.36. The number of nitrogens with two attached hydrogens (primary N) is 1. The number of benzene rings is 1. The number of hydrogen-bond donors (Lipinski definition) is 1. The van der Waals surface area contributed by atoms with Gasteiger partial charge in [-0.3, -0.25) is 0 Å². The van der Waals surface area contributed by atoms with Crippen molar-refractivity contribution < 1.29 is 30.7 Å². The van der Waals surface area contributed by atoms with Gasteiger partial charge in [0.25, 0.3) is 0 Å². The van der Waals surface area contributed by atoms with Gasteiger partial charge in [0.15, 0.2) is 11.6 Å². The first-order chi connectivity index (χ1) is 8.00. The molecule has 0 aliphatic heterocycles. The molecule has 0 saturated carbocycles. The number of rotatable bonds is 2. The van der Waals surface area contributed by atoms with Crippen LogP contribution in [0.4, 0.5) is 30.7 Å². The van der Waals surface area contributed by atoms with Crippen molar-refractivity contribution >= 4 is 12.4 Å². The summed E-state index contributed by atoms with van der Waals surface area (Å²) in [6, 6.07) is -1.52. The van der Waals surface area contributed by atoms with Crippen molar-refractivity contribution in [3.63, 3.8) is 0 Å². The van der Waals surface area contributed by atoms with Crippen LogP contribution in [0, 0.1) is 18.6 Å². The molecule has 1 rings (SSSR count). The molecular weight excluding hydrogens is 303 g/mol. The SMILES string of the molecule is Cc1ccc([C@H](N)C(F)(F)C(F)(F)F)c(F)c1F.Cl. The fourth-order valence-corrected chi connectivity index (χ4v) is 1.27. The molecule has 0 heterocycles. The Labute approximate surface area is 110 Å². The van der Waals surface area contributed by atoms with Gasteiger partial charge < -0.3 is 5.73 Å². The zero-order valence-corrected chi connectivity index (χ0v) is 10.2. The van der Waals surface area contributed by atoms with Crippen LogP contribution in [-0.4, -0.2) is 12.1 Å². The van der Waals surface area contributed by atoms with Gasteiger partial charge in [-0.15, -0.1) is 12.4 Å². The van der Waals surface area contributed by atoms with E-state index in [0.29, 0.717) is 6.07 Å². The quantitative estimate of drug-likeness (QED) is 0.824. The molecule has 0 aliphatic rings. The van der Waals surface area contributed by atoms with Crippen molar-refractivity contribution in [1.82, 2.24) is 0 Å². The van der Waals surface area contributed by atoms with Crippen LogP contribution in [0.2, 0.25) is 0 Å². The Kier molecular flexibility index (Phi) is 5.24. The van der Waals surface area contributed by atoms with E-state index in [1.54, 1.807) is 0 Å². The molecule has 0 fully saturated rings. The van der Waals surface area contributed by atoms with Crippen molar-refractivity contribution in [2.45, 2.75) is 25.1 Å². The maximum Gasteiger partial charge on any atom is 0.455 e. The van der Waals surface area contributed by atoms with Crippen molar-refractivity contribution in [2.75, 3.05) is 0 Å². The third-order valence-electron chi connectivity index (χ3n) is 2.41. The average molecular weight is 312 g/mol. The summed E-state index contributed by atoms with van der Waals surface area (Å²) in [5, 5.41) is 0. The third-order valence-corrected chi connectivity index (χ3v) is 2.41. The van der Waals surface area contributed by atoms with E-state index < -0.39 is 35.3 Å². The Morgan fingerprint density at radius 2 is 1.47 bits per heavy atom. The van der Waals surface area contributed by atoms with Crippen LogP contribution in [0.3, 0.4) is 0 Å².